The fourth-order valence-electron chi connectivity index (χ4n) is 7.10. The van der Waals surface area contributed by atoms with Gasteiger partial charge in [0.1, 0.15) is 11.6 Å². The average Bonchev–Trinajstić information content (AvgIpc) is 3.56. The molecule has 3 aliphatic rings. The van der Waals surface area contributed by atoms with E-state index in [0.29, 0.717) is 32.6 Å². The Balaban J connectivity index is 1.83. The van der Waals surface area contributed by atoms with Crippen LogP contribution >= 0.6 is 15.9 Å². The number of ether oxygens (including phenoxy) is 1. The third kappa shape index (κ3) is 5.65. The molecule has 4 rings (SSSR count). The average molecular weight is 631 g/mol. The van der Waals surface area contributed by atoms with Crippen molar-refractivity contribution < 1.29 is 24.2 Å². The number of amides is 3. The normalized spacial score (nSPS) is 28.8. The van der Waals surface area contributed by atoms with Gasteiger partial charge < -0.3 is 24.5 Å². The maximum absolute atomic E-state index is 14.6. The molecule has 9 heteroatoms. The van der Waals surface area contributed by atoms with Gasteiger partial charge in [-0.1, -0.05) is 85.1 Å². The van der Waals surface area contributed by atoms with E-state index in [9.17, 15) is 19.5 Å². The number of hydrogen-bond acceptors (Lipinski definition) is 5. The Labute approximate surface area is 252 Å². The standard InChI is InChI=1S/C32H44BrN3O5/c1-5-9-13-19-35(18-8-4)31(40)28-32-20-23(33)27(41-32)25(29(38)34(16-6-2)17-7-3)26(32)30(39)36(28)24(21-37)22-14-11-10-12-15-22/h6,8,10-12,14-15,23-28,37H,2,4-5,7,9,13,16-21H2,1,3H3/t23?,24-,25-,26+,27-,28?,32?/m1/s1. The molecule has 3 unspecified atom stereocenters. The zero-order valence-electron chi connectivity index (χ0n) is 24.3. The van der Waals surface area contributed by atoms with Crippen molar-refractivity contribution in [2.24, 2.45) is 11.8 Å². The number of aliphatic hydroxyl groups excluding tert-OH is 1. The van der Waals surface area contributed by atoms with Crippen molar-refractivity contribution in [3.63, 3.8) is 0 Å². The Kier molecular flexibility index (Phi) is 10.5. The van der Waals surface area contributed by atoms with Crippen LogP contribution in [0.1, 0.15) is 57.6 Å². The van der Waals surface area contributed by atoms with E-state index in [1.54, 1.807) is 22.0 Å². The van der Waals surface area contributed by atoms with Crippen molar-refractivity contribution in [2.75, 3.05) is 32.8 Å². The number of carbonyl (C=O) groups is 3. The van der Waals surface area contributed by atoms with Crippen LogP contribution in [-0.4, -0.2) is 92.9 Å². The van der Waals surface area contributed by atoms with Crippen LogP contribution in [0.4, 0.5) is 0 Å². The monoisotopic (exact) mass is 629 g/mol. The number of alkyl halides is 1. The van der Waals surface area contributed by atoms with E-state index in [1.165, 1.54) is 4.90 Å². The van der Waals surface area contributed by atoms with Crippen molar-refractivity contribution in [1.29, 1.82) is 0 Å². The van der Waals surface area contributed by atoms with Crippen LogP contribution in [0.2, 0.25) is 0 Å². The molecule has 1 aromatic carbocycles. The first-order valence-corrected chi connectivity index (χ1v) is 15.8. The molecule has 8 nitrogen and oxygen atoms in total. The number of hydrogen-bond donors (Lipinski definition) is 1. The number of likely N-dealkylation sites (tertiary alicyclic amines) is 1. The van der Waals surface area contributed by atoms with Gasteiger partial charge in [0, 0.05) is 31.0 Å². The van der Waals surface area contributed by atoms with Crippen LogP contribution in [0.3, 0.4) is 0 Å². The molecule has 2 bridgehead atoms. The van der Waals surface area contributed by atoms with Gasteiger partial charge in [0.15, 0.2) is 0 Å². The smallest absolute Gasteiger partial charge is 0.248 e. The Bertz CT molecular complexity index is 1120. The quantitative estimate of drug-likeness (QED) is 0.179. The fraction of sp³-hybridized carbons (Fsp3) is 0.594. The summed E-state index contributed by atoms with van der Waals surface area (Å²) in [6.45, 7) is 13.2. The van der Waals surface area contributed by atoms with Crippen molar-refractivity contribution >= 4 is 33.7 Å². The Morgan fingerprint density at radius 1 is 1.10 bits per heavy atom. The Morgan fingerprint density at radius 2 is 1.76 bits per heavy atom. The first kappa shape index (κ1) is 31.4. The molecule has 3 amide bonds. The molecule has 1 spiro atoms. The summed E-state index contributed by atoms with van der Waals surface area (Å²) in [5.74, 6) is -2.26. The molecule has 41 heavy (non-hydrogen) atoms. The van der Waals surface area contributed by atoms with E-state index in [4.69, 9.17) is 4.74 Å². The molecule has 224 valence electrons. The van der Waals surface area contributed by atoms with Crippen molar-refractivity contribution in [3.8, 4) is 0 Å². The van der Waals surface area contributed by atoms with Gasteiger partial charge in [-0.05, 0) is 24.8 Å². The predicted molar refractivity (Wildman–Crippen MR) is 162 cm³/mol. The zero-order chi connectivity index (χ0) is 29.7. The SMILES string of the molecule is C=CCN(CCCCC)C(=O)C1N([C@H](CO)c2ccccc2)C(=O)[C@@H]2[C@@H](C(=O)N(CC=C)CCC)[C@@H]3OC12CC3Br. The first-order chi connectivity index (χ1) is 19.8. The number of halogens is 1. The zero-order valence-corrected chi connectivity index (χ0v) is 25.9. The van der Waals surface area contributed by atoms with E-state index >= 15 is 0 Å². The largest absolute Gasteiger partial charge is 0.394 e. The highest BCUT2D eigenvalue weighted by Gasteiger charge is 2.77. The number of fused-ring (bicyclic) bond motifs is 1. The summed E-state index contributed by atoms with van der Waals surface area (Å²) in [5.41, 5.74) is -0.461. The maximum Gasteiger partial charge on any atom is 0.248 e. The minimum Gasteiger partial charge on any atom is -0.394 e. The Hall–Kier alpha value is -2.49. The van der Waals surface area contributed by atoms with Crippen molar-refractivity contribution in [1.82, 2.24) is 14.7 Å². The van der Waals surface area contributed by atoms with Crippen molar-refractivity contribution in [2.45, 2.75) is 74.6 Å². The first-order valence-electron chi connectivity index (χ1n) is 14.9. The number of carbonyl (C=O) groups excluding carboxylic acids is 3. The summed E-state index contributed by atoms with van der Waals surface area (Å²) in [7, 11) is 0. The highest BCUT2D eigenvalue weighted by atomic mass is 79.9. The minimum absolute atomic E-state index is 0.152. The lowest BCUT2D eigenvalue weighted by Gasteiger charge is -2.39. The number of nitrogens with zero attached hydrogens (tertiary/aromatic N) is 3. The van der Waals surface area contributed by atoms with Crippen LogP contribution < -0.4 is 0 Å². The topological polar surface area (TPSA) is 90.4 Å². The summed E-state index contributed by atoms with van der Waals surface area (Å²) in [6, 6.07) is 7.54. The summed E-state index contributed by atoms with van der Waals surface area (Å²) < 4.78 is 6.72. The molecule has 0 saturated carbocycles. The molecule has 0 aromatic heterocycles. The number of benzene rings is 1. The van der Waals surface area contributed by atoms with Gasteiger partial charge in [0.25, 0.3) is 0 Å². The van der Waals surface area contributed by atoms with Crippen LogP contribution in [-0.2, 0) is 19.1 Å². The van der Waals surface area contributed by atoms with E-state index in [0.717, 1.165) is 31.2 Å². The number of unbranched alkanes of at least 4 members (excludes halogenated alkanes) is 2. The third-order valence-corrected chi connectivity index (χ3v) is 9.63. The van der Waals surface area contributed by atoms with Gasteiger partial charge in [-0.3, -0.25) is 14.4 Å². The number of rotatable bonds is 15. The molecule has 3 heterocycles. The summed E-state index contributed by atoms with van der Waals surface area (Å²) in [5, 5.41) is 10.7. The second kappa shape index (κ2) is 13.7. The van der Waals surface area contributed by atoms with Gasteiger partial charge in [-0.25, -0.2) is 0 Å². The summed E-state index contributed by atoms with van der Waals surface area (Å²) >= 11 is 3.76. The van der Waals surface area contributed by atoms with Crippen LogP contribution in [0.15, 0.2) is 55.6 Å². The molecule has 3 aliphatic heterocycles. The van der Waals surface area contributed by atoms with E-state index in [-0.39, 0.29) is 29.2 Å². The van der Waals surface area contributed by atoms with Crippen LogP contribution in [0, 0.1) is 11.8 Å². The highest BCUT2D eigenvalue weighted by Crippen LogP contribution is 2.61. The third-order valence-electron chi connectivity index (χ3n) is 8.79. The van der Waals surface area contributed by atoms with Gasteiger partial charge >= 0.3 is 0 Å². The van der Waals surface area contributed by atoms with Gasteiger partial charge in [-0.2, -0.15) is 0 Å². The lowest BCUT2D eigenvalue weighted by atomic mass is 9.70. The second-order valence-electron chi connectivity index (χ2n) is 11.4. The van der Waals surface area contributed by atoms with Crippen LogP contribution in [0.5, 0.6) is 0 Å². The van der Waals surface area contributed by atoms with E-state index in [1.807, 2.05) is 37.3 Å². The summed E-state index contributed by atoms with van der Waals surface area (Å²) in [4.78, 5) is 48.1. The molecule has 1 N–H and O–H groups in total. The fourth-order valence-corrected chi connectivity index (χ4v) is 8.04. The molecule has 3 fully saturated rings. The van der Waals surface area contributed by atoms with Crippen LogP contribution in [0.25, 0.3) is 0 Å². The maximum atomic E-state index is 14.6. The molecule has 0 radical (unpaired) electrons. The molecular formula is C32H44BrN3O5. The lowest BCUT2D eigenvalue weighted by Crippen LogP contribution is -2.57. The molecule has 0 aliphatic carbocycles. The molecule has 7 atom stereocenters. The molecular weight excluding hydrogens is 586 g/mol. The van der Waals surface area contributed by atoms with E-state index in [2.05, 4.69) is 36.0 Å². The predicted octanol–water partition coefficient (Wildman–Crippen LogP) is 4.10. The highest BCUT2D eigenvalue weighted by molar-refractivity contribution is 9.09. The molecule has 1 aromatic rings. The Morgan fingerprint density at radius 3 is 2.34 bits per heavy atom. The van der Waals surface area contributed by atoms with Crippen molar-refractivity contribution in [3.05, 3.63) is 61.2 Å². The minimum atomic E-state index is -1.19. The van der Waals surface area contributed by atoms with Gasteiger partial charge in [0.05, 0.1) is 30.6 Å². The number of aliphatic hydroxyl groups is 1. The lowest BCUT2D eigenvalue weighted by molar-refractivity contribution is -0.152. The van der Waals surface area contributed by atoms with Gasteiger partial charge in [-0.15, -0.1) is 13.2 Å². The molecule has 3 saturated heterocycles. The second-order valence-corrected chi connectivity index (χ2v) is 12.5. The summed E-state index contributed by atoms with van der Waals surface area (Å²) in [6.07, 6.45) is 6.86. The van der Waals surface area contributed by atoms with Gasteiger partial charge in [0.2, 0.25) is 17.7 Å². The van der Waals surface area contributed by atoms with E-state index < -0.39 is 35.6 Å².